The molecule has 3 rings (SSSR count). The third-order valence-electron chi connectivity index (χ3n) is 3.38. The van der Waals surface area contributed by atoms with E-state index in [9.17, 15) is 21.6 Å². The van der Waals surface area contributed by atoms with E-state index in [2.05, 4.69) is 20.3 Å². The molecule has 2 aromatic heterocycles. The Morgan fingerprint density at radius 3 is 2.43 bits per heavy atom. The Kier molecular flexibility index (Phi) is 4.99. The summed E-state index contributed by atoms with van der Waals surface area (Å²) in [7, 11) is -3.30. The zero-order chi connectivity index (χ0) is 20.7. The van der Waals surface area contributed by atoms with Gasteiger partial charge in [-0.1, -0.05) is 11.6 Å². The molecule has 28 heavy (non-hydrogen) atoms. The van der Waals surface area contributed by atoms with Crippen molar-refractivity contribution in [2.45, 2.75) is 11.2 Å². The lowest BCUT2D eigenvalue weighted by Crippen LogP contribution is -2.10. The van der Waals surface area contributed by atoms with Gasteiger partial charge in [0, 0.05) is 5.56 Å². The van der Waals surface area contributed by atoms with Crippen LogP contribution in [0.4, 0.5) is 13.2 Å². The van der Waals surface area contributed by atoms with Gasteiger partial charge in [-0.25, -0.2) is 4.98 Å². The van der Waals surface area contributed by atoms with Crippen LogP contribution in [-0.4, -0.2) is 45.0 Å². The minimum Gasteiger partial charge on any atom is -0.495 e. The van der Waals surface area contributed by atoms with Crippen LogP contribution >= 0.6 is 11.6 Å². The van der Waals surface area contributed by atoms with Gasteiger partial charge in [0.15, 0.2) is 11.6 Å². The molecule has 1 aromatic carbocycles. The van der Waals surface area contributed by atoms with Gasteiger partial charge >= 0.3 is 16.3 Å². The summed E-state index contributed by atoms with van der Waals surface area (Å²) in [4.78, 5) is 3.50. The van der Waals surface area contributed by atoms with Crippen LogP contribution < -0.4 is 4.74 Å². The van der Waals surface area contributed by atoms with E-state index in [1.165, 1.54) is 25.3 Å². The van der Waals surface area contributed by atoms with Crippen molar-refractivity contribution in [3.8, 4) is 23.0 Å². The molecule has 3 aromatic rings. The monoisotopic (exact) mass is 435 g/mol. The number of ether oxygens (including phenoxy) is 1. The van der Waals surface area contributed by atoms with E-state index in [1.807, 2.05) is 0 Å². The first-order valence-electron chi connectivity index (χ1n) is 7.20. The highest BCUT2D eigenvalue weighted by atomic mass is 35.5. The molecular weight excluding hydrogens is 427 g/mol. The Balaban J connectivity index is 2.19. The SMILES string of the molecule is COc1cc(-c2nc(C(F)(F)F)nn2-c2ccc(S(=O)(=O)O)nn2)ccc1Cl. The summed E-state index contributed by atoms with van der Waals surface area (Å²) >= 11 is 5.93. The predicted octanol–water partition coefficient (Wildman–Crippen LogP) is 2.65. The van der Waals surface area contributed by atoms with E-state index in [4.69, 9.17) is 20.9 Å². The van der Waals surface area contributed by atoms with Crippen molar-refractivity contribution in [1.29, 1.82) is 0 Å². The maximum Gasteiger partial charge on any atom is 0.453 e. The fraction of sp³-hybridized carbons (Fsp3) is 0.143. The Labute approximate surface area is 160 Å². The maximum absolute atomic E-state index is 13.1. The molecule has 0 amide bonds. The lowest BCUT2D eigenvalue weighted by molar-refractivity contribution is -0.144. The summed E-state index contributed by atoms with van der Waals surface area (Å²) in [6.45, 7) is 0. The van der Waals surface area contributed by atoms with Gasteiger partial charge in [0.05, 0.1) is 12.1 Å². The summed E-state index contributed by atoms with van der Waals surface area (Å²) in [6.07, 6.45) is -4.85. The van der Waals surface area contributed by atoms with Crippen molar-refractivity contribution >= 4 is 21.7 Å². The van der Waals surface area contributed by atoms with Crippen LogP contribution in [0.1, 0.15) is 5.82 Å². The van der Waals surface area contributed by atoms with Gasteiger partial charge in [0.25, 0.3) is 5.82 Å². The molecule has 0 atom stereocenters. The highest BCUT2D eigenvalue weighted by Gasteiger charge is 2.37. The van der Waals surface area contributed by atoms with Crippen LogP contribution in [0.3, 0.4) is 0 Å². The van der Waals surface area contributed by atoms with Gasteiger partial charge in [-0.05, 0) is 30.3 Å². The van der Waals surface area contributed by atoms with Gasteiger partial charge in [0.1, 0.15) is 5.75 Å². The standard InChI is InChI=1S/C14H9ClF3N5O4S/c1-27-9-6-7(2-3-8(9)15)12-19-13(14(16,17)18)22-23(12)10-4-5-11(21-20-10)28(24,25)26/h2-6H,1H3,(H,24,25,26). The Morgan fingerprint density at radius 1 is 1.18 bits per heavy atom. The van der Waals surface area contributed by atoms with Crippen molar-refractivity contribution in [1.82, 2.24) is 25.0 Å². The molecule has 2 heterocycles. The molecule has 0 aliphatic carbocycles. The van der Waals surface area contributed by atoms with E-state index in [0.717, 1.165) is 16.8 Å². The highest BCUT2D eigenvalue weighted by Crippen LogP contribution is 2.33. The molecule has 1 N–H and O–H groups in total. The average Bonchev–Trinajstić information content (AvgIpc) is 3.07. The fourth-order valence-electron chi connectivity index (χ4n) is 2.14. The minimum atomic E-state index is -4.85. The number of hydrogen-bond donors (Lipinski definition) is 1. The lowest BCUT2D eigenvalue weighted by atomic mass is 10.2. The predicted molar refractivity (Wildman–Crippen MR) is 88.8 cm³/mol. The first-order chi connectivity index (χ1) is 13.0. The zero-order valence-corrected chi connectivity index (χ0v) is 15.3. The molecule has 0 bridgehead atoms. The molecular formula is C14H9ClF3N5O4S. The van der Waals surface area contributed by atoms with Crippen LogP contribution in [0.5, 0.6) is 5.75 Å². The highest BCUT2D eigenvalue weighted by molar-refractivity contribution is 7.85. The Morgan fingerprint density at radius 2 is 1.89 bits per heavy atom. The summed E-state index contributed by atoms with van der Waals surface area (Å²) in [5.41, 5.74) is 0.171. The van der Waals surface area contributed by atoms with Gasteiger partial charge in [-0.15, -0.1) is 15.3 Å². The van der Waals surface area contributed by atoms with Crippen LogP contribution in [0.25, 0.3) is 17.2 Å². The number of halogens is 4. The molecule has 0 fully saturated rings. The Hall–Kier alpha value is -2.77. The second kappa shape index (κ2) is 7.00. The minimum absolute atomic E-state index is 0.171. The van der Waals surface area contributed by atoms with E-state index in [0.29, 0.717) is 0 Å². The van der Waals surface area contributed by atoms with Crippen molar-refractivity contribution in [3.05, 3.63) is 41.2 Å². The molecule has 0 aliphatic rings. The van der Waals surface area contributed by atoms with E-state index in [1.54, 1.807) is 0 Å². The van der Waals surface area contributed by atoms with Crippen LogP contribution in [0.15, 0.2) is 35.4 Å². The number of hydrogen-bond acceptors (Lipinski definition) is 7. The summed E-state index contributed by atoms with van der Waals surface area (Å²) in [5, 5.41) is 9.62. The molecule has 9 nitrogen and oxygen atoms in total. The molecule has 0 saturated carbocycles. The first kappa shape index (κ1) is 20.0. The number of alkyl halides is 3. The van der Waals surface area contributed by atoms with Crippen molar-refractivity contribution < 1.29 is 30.9 Å². The quantitative estimate of drug-likeness (QED) is 0.621. The topological polar surface area (TPSA) is 120 Å². The zero-order valence-electron chi connectivity index (χ0n) is 13.7. The second-order valence-electron chi connectivity index (χ2n) is 5.22. The van der Waals surface area contributed by atoms with Crippen LogP contribution in [0, 0.1) is 0 Å². The first-order valence-corrected chi connectivity index (χ1v) is 9.02. The average molecular weight is 436 g/mol. The molecule has 0 unspecified atom stereocenters. The summed E-state index contributed by atoms with van der Waals surface area (Å²) in [5.74, 6) is -1.79. The normalized spacial score (nSPS) is 12.2. The largest absolute Gasteiger partial charge is 0.495 e. The fourth-order valence-corrected chi connectivity index (χ4v) is 2.72. The number of methoxy groups -OCH3 is 1. The third kappa shape index (κ3) is 3.90. The number of rotatable bonds is 4. The van der Waals surface area contributed by atoms with Crippen molar-refractivity contribution in [2.24, 2.45) is 0 Å². The van der Waals surface area contributed by atoms with E-state index < -0.39 is 27.1 Å². The van der Waals surface area contributed by atoms with Gasteiger partial charge < -0.3 is 4.74 Å². The lowest BCUT2D eigenvalue weighted by Gasteiger charge is -2.07. The smallest absolute Gasteiger partial charge is 0.453 e. The summed E-state index contributed by atoms with van der Waals surface area (Å²) in [6, 6.07) is 6.02. The Bertz CT molecular complexity index is 1130. The molecule has 0 aliphatic heterocycles. The van der Waals surface area contributed by atoms with E-state index in [-0.39, 0.29) is 28.0 Å². The third-order valence-corrected chi connectivity index (χ3v) is 4.44. The molecule has 148 valence electrons. The number of benzene rings is 1. The number of nitrogens with zero attached hydrogens (tertiary/aromatic N) is 5. The molecule has 14 heteroatoms. The second-order valence-corrected chi connectivity index (χ2v) is 7.00. The summed E-state index contributed by atoms with van der Waals surface area (Å²) < 4.78 is 76.1. The van der Waals surface area contributed by atoms with Crippen LogP contribution in [-0.2, 0) is 16.3 Å². The van der Waals surface area contributed by atoms with Gasteiger partial charge in [-0.2, -0.15) is 26.3 Å². The van der Waals surface area contributed by atoms with Gasteiger partial charge in [0.2, 0.25) is 5.03 Å². The molecule has 0 spiro atoms. The van der Waals surface area contributed by atoms with Gasteiger partial charge in [-0.3, -0.25) is 4.55 Å². The van der Waals surface area contributed by atoms with Crippen molar-refractivity contribution in [2.75, 3.05) is 7.11 Å². The number of aromatic nitrogens is 5. The molecule has 0 saturated heterocycles. The maximum atomic E-state index is 13.1. The molecule has 0 radical (unpaired) electrons. The van der Waals surface area contributed by atoms with Crippen molar-refractivity contribution in [3.63, 3.8) is 0 Å². The van der Waals surface area contributed by atoms with Crippen LogP contribution in [0.2, 0.25) is 5.02 Å². The van der Waals surface area contributed by atoms with E-state index >= 15 is 0 Å².